The van der Waals surface area contributed by atoms with E-state index in [9.17, 15) is 9.90 Å². The molecule has 0 spiro atoms. The number of nitrogens with zero attached hydrogens (tertiary/aromatic N) is 3. The molecule has 1 aliphatic heterocycles. The number of para-hydroxylation sites is 2. The molecule has 7 aromatic rings. The number of aliphatic hydroxyl groups is 1. The number of thioether (sulfide) groups is 1. The molecule has 1 saturated heterocycles. The lowest BCUT2D eigenvalue weighted by atomic mass is 9.91. The molecule has 9 nitrogen and oxygen atoms in total. The zero-order valence-electron chi connectivity index (χ0n) is 28.8. The molecule has 8 rings (SSSR count). The van der Waals surface area contributed by atoms with Crippen LogP contribution in [0.3, 0.4) is 0 Å². The van der Waals surface area contributed by atoms with E-state index in [0.29, 0.717) is 22.2 Å². The molecule has 1 aliphatic rings. The van der Waals surface area contributed by atoms with Crippen molar-refractivity contribution in [3.05, 3.63) is 162 Å². The first-order valence-electron chi connectivity index (χ1n) is 17.4. The number of carbonyl (C=O) groups excluding carboxylic acids is 1. The highest BCUT2D eigenvalue weighted by Crippen LogP contribution is 2.44. The van der Waals surface area contributed by atoms with Gasteiger partial charge in [-0.2, -0.15) is 0 Å². The number of ether oxygens (including phenoxy) is 2. The van der Waals surface area contributed by atoms with Crippen LogP contribution >= 0.6 is 11.8 Å². The molecule has 3 heterocycles. The highest BCUT2D eigenvalue weighted by molar-refractivity contribution is 7.99. The van der Waals surface area contributed by atoms with Crippen molar-refractivity contribution in [2.24, 2.45) is 5.92 Å². The van der Waals surface area contributed by atoms with Crippen molar-refractivity contribution in [1.82, 2.24) is 15.0 Å². The zero-order valence-corrected chi connectivity index (χ0v) is 29.6. The van der Waals surface area contributed by atoms with Crippen molar-refractivity contribution in [2.45, 2.75) is 37.3 Å². The molecule has 1 fully saturated rings. The Morgan fingerprint density at radius 1 is 0.755 bits per heavy atom. The Hall–Kier alpha value is -5.65. The average molecular weight is 721 g/mol. The van der Waals surface area contributed by atoms with Gasteiger partial charge in [-0.05, 0) is 35.4 Å². The van der Waals surface area contributed by atoms with Crippen LogP contribution in [0.15, 0.2) is 149 Å². The maximum atomic E-state index is 13.0. The summed E-state index contributed by atoms with van der Waals surface area (Å²) in [5.41, 5.74) is 7.57. The van der Waals surface area contributed by atoms with Gasteiger partial charge in [-0.15, -0.1) is 0 Å². The van der Waals surface area contributed by atoms with Gasteiger partial charge < -0.3 is 24.3 Å². The normalized spacial score (nSPS) is 18.5. The fourth-order valence-electron chi connectivity index (χ4n) is 6.39. The molecule has 0 aliphatic carbocycles. The minimum atomic E-state index is -0.681. The molecule has 1 amide bonds. The van der Waals surface area contributed by atoms with E-state index in [0.717, 1.165) is 44.8 Å². The molecule has 4 atom stereocenters. The van der Waals surface area contributed by atoms with Crippen molar-refractivity contribution in [3.8, 4) is 22.6 Å². The topological polar surface area (TPSA) is 120 Å². The van der Waals surface area contributed by atoms with Crippen molar-refractivity contribution in [3.63, 3.8) is 0 Å². The van der Waals surface area contributed by atoms with Gasteiger partial charge in [0.1, 0.15) is 11.4 Å². The van der Waals surface area contributed by atoms with E-state index >= 15 is 0 Å². The van der Waals surface area contributed by atoms with Crippen molar-refractivity contribution < 1.29 is 23.8 Å². The Balaban J connectivity index is 1.03. The van der Waals surface area contributed by atoms with Crippen LogP contribution < -0.4 is 5.32 Å². The maximum absolute atomic E-state index is 13.0. The lowest BCUT2D eigenvalue weighted by Gasteiger charge is -2.41. The second-order valence-electron chi connectivity index (χ2n) is 12.8. The van der Waals surface area contributed by atoms with Gasteiger partial charge in [-0.1, -0.05) is 128 Å². The van der Waals surface area contributed by atoms with E-state index in [1.807, 2.05) is 133 Å². The summed E-state index contributed by atoms with van der Waals surface area (Å²) in [5, 5.41) is 13.1. The minimum Gasteiger partial charge on any atom is -0.431 e. The predicted molar refractivity (Wildman–Crippen MR) is 205 cm³/mol. The van der Waals surface area contributed by atoms with Crippen LogP contribution in [-0.4, -0.2) is 37.8 Å². The van der Waals surface area contributed by atoms with Crippen LogP contribution in [0.25, 0.3) is 33.6 Å². The molecule has 0 bridgehead atoms. The highest BCUT2D eigenvalue weighted by Gasteiger charge is 2.38. The Morgan fingerprint density at radius 2 is 1.42 bits per heavy atom. The van der Waals surface area contributed by atoms with Crippen LogP contribution in [0, 0.1) is 5.92 Å². The summed E-state index contributed by atoms with van der Waals surface area (Å²) in [6.07, 6.45) is 0.271. The SMILES string of the molecule is CC1C(CSc2nc(-c3ccccc3)c(-c3ccccc3)o2)OC(c2ccc(NC(=O)c3cnc4ccccc4n3)cc2)OC1c1ccc(CO)cc1. The molecule has 0 saturated carbocycles. The van der Waals surface area contributed by atoms with E-state index in [-0.39, 0.29) is 36.3 Å². The Labute approximate surface area is 311 Å². The number of aromatic nitrogens is 3. The van der Waals surface area contributed by atoms with Gasteiger partial charge in [0.25, 0.3) is 11.1 Å². The van der Waals surface area contributed by atoms with Gasteiger partial charge in [-0.25, -0.2) is 9.97 Å². The van der Waals surface area contributed by atoms with Crippen LogP contribution in [0.2, 0.25) is 0 Å². The van der Waals surface area contributed by atoms with E-state index in [1.54, 1.807) is 0 Å². The fraction of sp³-hybridized carbons (Fsp3) is 0.163. The number of rotatable bonds is 10. The predicted octanol–water partition coefficient (Wildman–Crippen LogP) is 9.28. The number of nitrogens with one attached hydrogen (secondary N) is 1. The first-order valence-corrected chi connectivity index (χ1v) is 18.4. The molecular weight excluding hydrogens is 685 g/mol. The van der Waals surface area contributed by atoms with E-state index < -0.39 is 6.29 Å². The van der Waals surface area contributed by atoms with Gasteiger partial charge >= 0.3 is 0 Å². The molecule has 4 unspecified atom stereocenters. The number of anilines is 1. The molecule has 53 heavy (non-hydrogen) atoms. The second-order valence-corrected chi connectivity index (χ2v) is 13.8. The molecule has 2 N–H and O–H groups in total. The molecule has 0 radical (unpaired) electrons. The first-order chi connectivity index (χ1) is 26.0. The van der Waals surface area contributed by atoms with E-state index in [1.165, 1.54) is 18.0 Å². The summed E-state index contributed by atoms with van der Waals surface area (Å²) < 4.78 is 19.8. The third kappa shape index (κ3) is 7.62. The maximum Gasteiger partial charge on any atom is 0.275 e. The second kappa shape index (κ2) is 15.5. The monoisotopic (exact) mass is 720 g/mol. The van der Waals surface area contributed by atoms with Crippen LogP contribution in [0.5, 0.6) is 0 Å². The third-order valence-corrected chi connectivity index (χ3v) is 10.2. The Morgan fingerprint density at radius 3 is 2.13 bits per heavy atom. The standard InChI is InChI=1S/C43H36N4O5S/c1-27-37(26-53-43-47-38(29-10-4-2-5-11-29)40(52-43)30-12-6-3-7-13-30)50-42(51-39(27)31-18-16-28(25-48)17-19-31)32-20-22-33(23-21-32)45-41(49)36-24-44-34-14-8-9-15-35(34)46-36/h2-24,27,37,39,42,48H,25-26H2,1H3,(H,45,49). The number of aliphatic hydroxyl groups excluding tert-OH is 1. The number of benzene rings is 5. The number of fused-ring (bicyclic) bond motifs is 1. The Kier molecular flexibility index (Phi) is 10.1. The van der Waals surface area contributed by atoms with Crippen molar-refractivity contribution >= 4 is 34.4 Å². The number of hydrogen-bond donors (Lipinski definition) is 2. The van der Waals surface area contributed by atoms with E-state index in [4.69, 9.17) is 18.9 Å². The highest BCUT2D eigenvalue weighted by atomic mass is 32.2. The summed E-state index contributed by atoms with van der Waals surface area (Å²) in [6.45, 7) is 2.09. The Bertz CT molecular complexity index is 2260. The number of oxazole rings is 1. The summed E-state index contributed by atoms with van der Waals surface area (Å²) >= 11 is 1.51. The number of carbonyl (C=O) groups is 1. The van der Waals surface area contributed by atoms with Gasteiger partial charge in [0, 0.05) is 34.0 Å². The third-order valence-electron chi connectivity index (χ3n) is 9.31. The van der Waals surface area contributed by atoms with Crippen LogP contribution in [-0.2, 0) is 16.1 Å². The molecule has 5 aromatic carbocycles. The van der Waals surface area contributed by atoms with Crippen molar-refractivity contribution in [1.29, 1.82) is 0 Å². The summed E-state index contributed by atoms with van der Waals surface area (Å²) in [5.74, 6) is 0.907. The minimum absolute atomic E-state index is 0.0301. The average Bonchev–Trinajstić information content (AvgIpc) is 3.66. The van der Waals surface area contributed by atoms with Crippen LogP contribution in [0.4, 0.5) is 5.69 Å². The molecule has 264 valence electrons. The molecule has 2 aromatic heterocycles. The van der Waals surface area contributed by atoms with Gasteiger partial charge in [-0.3, -0.25) is 9.78 Å². The lowest BCUT2D eigenvalue weighted by molar-refractivity contribution is -0.268. The van der Waals surface area contributed by atoms with Crippen LogP contribution in [0.1, 0.15) is 46.5 Å². The zero-order chi connectivity index (χ0) is 36.1. The summed E-state index contributed by atoms with van der Waals surface area (Å²) in [6, 6.07) is 42.8. The quantitative estimate of drug-likeness (QED) is 0.133. The van der Waals surface area contributed by atoms with Gasteiger partial charge in [0.15, 0.2) is 12.1 Å². The summed E-state index contributed by atoms with van der Waals surface area (Å²) in [7, 11) is 0. The first kappa shape index (κ1) is 34.4. The van der Waals surface area contributed by atoms with Gasteiger partial charge in [0.05, 0.1) is 36.0 Å². The number of amides is 1. The smallest absolute Gasteiger partial charge is 0.275 e. The van der Waals surface area contributed by atoms with Crippen molar-refractivity contribution in [2.75, 3.05) is 11.1 Å². The molecule has 10 heteroatoms. The van der Waals surface area contributed by atoms with E-state index in [2.05, 4.69) is 22.2 Å². The van der Waals surface area contributed by atoms with Gasteiger partial charge in [0.2, 0.25) is 0 Å². The number of hydrogen-bond acceptors (Lipinski definition) is 9. The fourth-order valence-corrected chi connectivity index (χ4v) is 7.37. The largest absolute Gasteiger partial charge is 0.431 e. The lowest BCUT2D eigenvalue weighted by Crippen LogP contribution is -2.38. The summed E-state index contributed by atoms with van der Waals surface area (Å²) in [4.78, 5) is 26.8. The molecular formula is C43H36N4O5S.